The van der Waals surface area contributed by atoms with Gasteiger partial charge in [0.2, 0.25) is 5.75 Å². The van der Waals surface area contributed by atoms with Gasteiger partial charge in [-0.3, -0.25) is 4.98 Å². The molecule has 2 aromatic heterocycles. The van der Waals surface area contributed by atoms with Gasteiger partial charge in [-0.05, 0) is 31.9 Å². The number of carbonyl (C=O) groups is 1. The second-order valence-corrected chi connectivity index (χ2v) is 7.17. The first-order valence-electron chi connectivity index (χ1n) is 10.0. The molecule has 0 atom stereocenters. The molecule has 9 nitrogen and oxygen atoms in total. The maximum Gasteiger partial charge on any atom is 0.407 e. The van der Waals surface area contributed by atoms with Crippen molar-refractivity contribution in [2.45, 2.75) is 38.7 Å². The summed E-state index contributed by atoms with van der Waals surface area (Å²) in [6.07, 6.45) is 3.32. The summed E-state index contributed by atoms with van der Waals surface area (Å²) in [5.74, 6) is 1.57. The predicted molar refractivity (Wildman–Crippen MR) is 112 cm³/mol. The second kappa shape index (κ2) is 10.1. The number of aliphatic hydroxyl groups is 1. The number of ether oxygens (including phenoxy) is 2. The standard InChI is InChI=1S/C21H28N4O5/c1-14-17(6-5-15(23-14)4-3-13-26)24-20-19(29-2)18(7-10-22-20)30-16-8-11-25(12-9-16)21(27)28/h5-7,10,16,26H,3-4,8-9,11-13H2,1-2H3,(H,22,24)(H,27,28). The number of carboxylic acid groups (broad SMARTS) is 1. The Hall–Kier alpha value is -3.07. The number of amides is 1. The third-order valence-corrected chi connectivity index (χ3v) is 5.07. The fraction of sp³-hybridized carbons (Fsp3) is 0.476. The molecule has 3 rings (SSSR count). The van der Waals surface area contributed by atoms with Crippen LogP contribution in [-0.2, 0) is 6.42 Å². The molecule has 9 heteroatoms. The van der Waals surface area contributed by atoms with Crippen LogP contribution >= 0.6 is 0 Å². The summed E-state index contributed by atoms with van der Waals surface area (Å²) in [6, 6.07) is 5.61. The van der Waals surface area contributed by atoms with E-state index in [1.165, 1.54) is 4.90 Å². The summed E-state index contributed by atoms with van der Waals surface area (Å²) in [6.45, 7) is 2.95. The van der Waals surface area contributed by atoms with Crippen LogP contribution in [0.25, 0.3) is 0 Å². The topological polar surface area (TPSA) is 117 Å². The maximum atomic E-state index is 11.1. The molecule has 3 N–H and O–H groups in total. The summed E-state index contributed by atoms with van der Waals surface area (Å²) in [4.78, 5) is 21.4. The van der Waals surface area contributed by atoms with E-state index < -0.39 is 6.09 Å². The number of pyridine rings is 2. The largest absolute Gasteiger partial charge is 0.490 e. The number of anilines is 2. The number of aryl methyl sites for hydroxylation is 2. The lowest BCUT2D eigenvalue weighted by Crippen LogP contribution is -2.41. The molecule has 1 amide bonds. The zero-order valence-corrected chi connectivity index (χ0v) is 17.3. The third kappa shape index (κ3) is 5.29. The Morgan fingerprint density at radius 2 is 2.07 bits per heavy atom. The van der Waals surface area contributed by atoms with Crippen LogP contribution in [0, 0.1) is 6.92 Å². The Bertz CT molecular complexity index is 868. The van der Waals surface area contributed by atoms with Gasteiger partial charge in [0.15, 0.2) is 11.6 Å². The zero-order chi connectivity index (χ0) is 21.5. The Labute approximate surface area is 175 Å². The summed E-state index contributed by atoms with van der Waals surface area (Å²) >= 11 is 0. The number of nitrogens with zero attached hydrogens (tertiary/aromatic N) is 3. The minimum atomic E-state index is -0.896. The zero-order valence-electron chi connectivity index (χ0n) is 17.3. The van der Waals surface area contributed by atoms with Crippen LogP contribution < -0.4 is 14.8 Å². The van der Waals surface area contributed by atoms with Gasteiger partial charge in [-0.25, -0.2) is 9.78 Å². The van der Waals surface area contributed by atoms with Crippen molar-refractivity contribution < 1.29 is 24.5 Å². The van der Waals surface area contributed by atoms with Crippen molar-refractivity contribution in [1.29, 1.82) is 0 Å². The molecule has 1 aliphatic heterocycles. The number of methoxy groups -OCH3 is 1. The molecule has 0 bridgehead atoms. The van der Waals surface area contributed by atoms with E-state index in [2.05, 4.69) is 15.3 Å². The van der Waals surface area contributed by atoms with Gasteiger partial charge in [-0.15, -0.1) is 0 Å². The first-order valence-corrected chi connectivity index (χ1v) is 10.0. The molecule has 0 radical (unpaired) electrons. The number of hydrogen-bond donors (Lipinski definition) is 3. The molecule has 2 aromatic rings. The lowest BCUT2D eigenvalue weighted by atomic mass is 10.1. The van der Waals surface area contributed by atoms with Crippen LogP contribution in [-0.4, -0.2) is 64.1 Å². The quantitative estimate of drug-likeness (QED) is 0.601. The smallest absolute Gasteiger partial charge is 0.407 e. The predicted octanol–water partition coefficient (Wildman–Crippen LogP) is 2.98. The van der Waals surface area contributed by atoms with Gasteiger partial charge in [0, 0.05) is 50.5 Å². The highest BCUT2D eigenvalue weighted by Crippen LogP contribution is 2.36. The molecule has 3 heterocycles. The molecule has 162 valence electrons. The minimum Gasteiger partial charge on any atom is -0.490 e. The van der Waals surface area contributed by atoms with Gasteiger partial charge in [-0.1, -0.05) is 0 Å². The Kier molecular flexibility index (Phi) is 7.29. The van der Waals surface area contributed by atoms with E-state index in [-0.39, 0.29) is 12.7 Å². The van der Waals surface area contributed by atoms with Gasteiger partial charge in [0.1, 0.15) is 6.10 Å². The molecule has 0 spiro atoms. The first-order chi connectivity index (χ1) is 14.5. The SMILES string of the molecule is COc1c(OC2CCN(C(=O)O)CC2)ccnc1Nc1ccc(CCCO)nc1C. The fourth-order valence-electron chi connectivity index (χ4n) is 3.43. The molecular weight excluding hydrogens is 388 g/mol. The van der Waals surface area contributed by atoms with Crippen molar-refractivity contribution in [2.75, 3.05) is 32.1 Å². The second-order valence-electron chi connectivity index (χ2n) is 7.17. The van der Waals surface area contributed by atoms with Crippen LogP contribution in [0.3, 0.4) is 0 Å². The van der Waals surface area contributed by atoms with Crippen molar-refractivity contribution in [3.05, 3.63) is 35.8 Å². The molecule has 0 saturated carbocycles. The number of likely N-dealkylation sites (tertiary alicyclic amines) is 1. The van der Waals surface area contributed by atoms with Crippen LogP contribution in [0.4, 0.5) is 16.3 Å². The molecule has 1 fully saturated rings. The van der Waals surface area contributed by atoms with Gasteiger partial charge in [0.05, 0.1) is 18.5 Å². The van der Waals surface area contributed by atoms with E-state index in [4.69, 9.17) is 19.7 Å². The van der Waals surface area contributed by atoms with Crippen LogP contribution in [0.1, 0.15) is 30.7 Å². The van der Waals surface area contributed by atoms with Crippen molar-refractivity contribution >= 4 is 17.6 Å². The molecule has 0 aromatic carbocycles. The van der Waals surface area contributed by atoms with Gasteiger partial charge >= 0.3 is 6.09 Å². The Balaban J connectivity index is 1.72. The minimum absolute atomic E-state index is 0.0843. The first kappa shape index (κ1) is 21.6. The summed E-state index contributed by atoms with van der Waals surface area (Å²) in [7, 11) is 1.56. The molecule has 1 saturated heterocycles. The van der Waals surface area contributed by atoms with Crippen LogP contribution in [0.5, 0.6) is 11.5 Å². The highest BCUT2D eigenvalue weighted by molar-refractivity contribution is 5.67. The highest BCUT2D eigenvalue weighted by atomic mass is 16.5. The Morgan fingerprint density at radius 3 is 2.70 bits per heavy atom. The average molecular weight is 416 g/mol. The molecule has 0 unspecified atom stereocenters. The lowest BCUT2D eigenvalue weighted by molar-refractivity contribution is 0.0878. The number of hydrogen-bond acceptors (Lipinski definition) is 7. The number of aromatic nitrogens is 2. The third-order valence-electron chi connectivity index (χ3n) is 5.07. The summed E-state index contributed by atoms with van der Waals surface area (Å²) < 4.78 is 11.7. The van der Waals surface area contributed by atoms with Gasteiger partial charge in [-0.2, -0.15) is 0 Å². The van der Waals surface area contributed by atoms with Crippen LogP contribution in [0.2, 0.25) is 0 Å². The lowest BCUT2D eigenvalue weighted by Gasteiger charge is -2.30. The maximum absolute atomic E-state index is 11.1. The summed E-state index contributed by atoms with van der Waals surface area (Å²) in [5.41, 5.74) is 2.55. The van der Waals surface area contributed by atoms with E-state index in [1.807, 2.05) is 19.1 Å². The fourth-order valence-corrected chi connectivity index (χ4v) is 3.43. The van der Waals surface area contributed by atoms with E-state index in [9.17, 15) is 4.79 Å². The number of rotatable bonds is 8. The van der Waals surface area contributed by atoms with E-state index in [0.29, 0.717) is 49.7 Å². The molecule has 1 aliphatic rings. The average Bonchev–Trinajstić information content (AvgIpc) is 2.74. The van der Waals surface area contributed by atoms with Crippen molar-refractivity contribution in [3.63, 3.8) is 0 Å². The molecule has 0 aliphatic carbocycles. The van der Waals surface area contributed by atoms with Gasteiger partial charge in [0.25, 0.3) is 0 Å². The molecule has 30 heavy (non-hydrogen) atoms. The number of nitrogens with one attached hydrogen (secondary N) is 1. The van der Waals surface area contributed by atoms with E-state index >= 15 is 0 Å². The number of aliphatic hydroxyl groups excluding tert-OH is 1. The van der Waals surface area contributed by atoms with Crippen molar-refractivity contribution in [1.82, 2.24) is 14.9 Å². The normalized spacial score (nSPS) is 14.4. The van der Waals surface area contributed by atoms with Crippen molar-refractivity contribution in [3.8, 4) is 11.5 Å². The summed E-state index contributed by atoms with van der Waals surface area (Å²) in [5, 5.41) is 21.3. The number of piperidine rings is 1. The monoisotopic (exact) mass is 416 g/mol. The van der Waals surface area contributed by atoms with Crippen LogP contribution in [0.15, 0.2) is 24.4 Å². The van der Waals surface area contributed by atoms with Crippen molar-refractivity contribution in [2.24, 2.45) is 0 Å². The molecular formula is C21H28N4O5. The van der Waals surface area contributed by atoms with E-state index in [1.54, 1.807) is 19.4 Å². The van der Waals surface area contributed by atoms with E-state index in [0.717, 1.165) is 23.5 Å². The Morgan fingerprint density at radius 1 is 1.30 bits per heavy atom. The van der Waals surface area contributed by atoms with Gasteiger partial charge < -0.3 is 29.9 Å². The highest BCUT2D eigenvalue weighted by Gasteiger charge is 2.25.